The lowest BCUT2D eigenvalue weighted by atomic mass is 9.86. The van der Waals surface area contributed by atoms with E-state index in [2.05, 4.69) is 63.3 Å². The zero-order valence-electron chi connectivity index (χ0n) is 10.9. The van der Waals surface area contributed by atoms with Gasteiger partial charge in [0.05, 0.1) is 0 Å². The van der Waals surface area contributed by atoms with E-state index in [1.807, 2.05) is 0 Å². The molecule has 0 aromatic heterocycles. The zero-order valence-corrected chi connectivity index (χ0v) is 10.9. The first-order chi connectivity index (χ1) is 7.64. The minimum atomic E-state index is 0.352. The third-order valence-electron chi connectivity index (χ3n) is 2.94. The predicted octanol–water partition coefficient (Wildman–Crippen LogP) is 5.00. The Morgan fingerprint density at radius 3 is 2.44 bits per heavy atom. The van der Waals surface area contributed by atoms with Crippen molar-refractivity contribution in [3.05, 3.63) is 48.0 Å². The SMILES string of the molecule is CCCCC(C)(C)/C=C/Cc1ccccc1. The van der Waals surface area contributed by atoms with E-state index in [4.69, 9.17) is 0 Å². The van der Waals surface area contributed by atoms with Gasteiger partial charge in [0, 0.05) is 0 Å². The molecule has 0 aliphatic heterocycles. The normalized spacial score (nSPS) is 12.2. The second kappa shape index (κ2) is 6.52. The van der Waals surface area contributed by atoms with E-state index in [9.17, 15) is 0 Å². The number of unbranched alkanes of at least 4 members (excludes halogenated alkanes) is 1. The summed E-state index contributed by atoms with van der Waals surface area (Å²) >= 11 is 0. The molecule has 0 radical (unpaired) electrons. The molecule has 0 atom stereocenters. The number of rotatable bonds is 6. The molecule has 0 bridgehead atoms. The van der Waals surface area contributed by atoms with Gasteiger partial charge < -0.3 is 0 Å². The number of hydrogen-bond donors (Lipinski definition) is 0. The molecule has 0 heterocycles. The second-order valence-electron chi connectivity index (χ2n) is 5.18. The zero-order chi connectivity index (χ0) is 11.9. The summed E-state index contributed by atoms with van der Waals surface area (Å²) in [6.45, 7) is 6.90. The van der Waals surface area contributed by atoms with Gasteiger partial charge in [0.25, 0.3) is 0 Å². The third-order valence-corrected chi connectivity index (χ3v) is 2.94. The van der Waals surface area contributed by atoms with Gasteiger partial charge in [-0.3, -0.25) is 0 Å². The Morgan fingerprint density at radius 1 is 1.12 bits per heavy atom. The van der Waals surface area contributed by atoms with Crippen LogP contribution in [0.5, 0.6) is 0 Å². The van der Waals surface area contributed by atoms with Crippen LogP contribution in [0.4, 0.5) is 0 Å². The lowest BCUT2D eigenvalue weighted by Gasteiger charge is -2.19. The highest BCUT2D eigenvalue weighted by atomic mass is 14.2. The van der Waals surface area contributed by atoms with E-state index >= 15 is 0 Å². The van der Waals surface area contributed by atoms with Crippen molar-refractivity contribution in [2.24, 2.45) is 5.41 Å². The number of hydrogen-bond acceptors (Lipinski definition) is 0. The van der Waals surface area contributed by atoms with Crippen LogP contribution in [0.1, 0.15) is 45.6 Å². The van der Waals surface area contributed by atoms with Gasteiger partial charge in [0.15, 0.2) is 0 Å². The van der Waals surface area contributed by atoms with Gasteiger partial charge in [-0.25, -0.2) is 0 Å². The van der Waals surface area contributed by atoms with Gasteiger partial charge in [0.2, 0.25) is 0 Å². The van der Waals surface area contributed by atoms with Crippen LogP contribution in [0.25, 0.3) is 0 Å². The topological polar surface area (TPSA) is 0 Å². The summed E-state index contributed by atoms with van der Waals surface area (Å²) in [4.78, 5) is 0. The first-order valence-electron chi connectivity index (χ1n) is 6.36. The van der Waals surface area contributed by atoms with Crippen LogP contribution < -0.4 is 0 Å². The summed E-state index contributed by atoms with van der Waals surface area (Å²) < 4.78 is 0. The molecule has 0 nitrogen and oxygen atoms in total. The third kappa shape index (κ3) is 5.16. The van der Waals surface area contributed by atoms with Crippen molar-refractivity contribution in [3.63, 3.8) is 0 Å². The second-order valence-corrected chi connectivity index (χ2v) is 5.18. The molecule has 0 saturated heterocycles. The largest absolute Gasteiger partial charge is 0.0836 e. The Kier molecular flexibility index (Phi) is 5.31. The van der Waals surface area contributed by atoms with Crippen molar-refractivity contribution >= 4 is 0 Å². The van der Waals surface area contributed by atoms with Crippen molar-refractivity contribution in [1.29, 1.82) is 0 Å². The molecule has 1 rings (SSSR count). The fourth-order valence-corrected chi connectivity index (χ4v) is 1.84. The fraction of sp³-hybridized carbons (Fsp3) is 0.500. The van der Waals surface area contributed by atoms with E-state index in [0.29, 0.717) is 5.41 Å². The highest BCUT2D eigenvalue weighted by molar-refractivity contribution is 5.17. The lowest BCUT2D eigenvalue weighted by Crippen LogP contribution is -2.06. The summed E-state index contributed by atoms with van der Waals surface area (Å²) in [5, 5.41) is 0. The standard InChI is InChI=1S/C16H24/c1-4-5-13-16(2,3)14-9-12-15-10-7-6-8-11-15/h6-11,14H,4-5,12-13H2,1-3H3/b14-9+. The molecule has 1 aromatic rings. The van der Waals surface area contributed by atoms with Gasteiger partial charge in [-0.1, -0.05) is 76.1 Å². The Balaban J connectivity index is 2.42. The van der Waals surface area contributed by atoms with Crippen LogP contribution in [0.15, 0.2) is 42.5 Å². The van der Waals surface area contributed by atoms with E-state index in [0.717, 1.165) is 6.42 Å². The van der Waals surface area contributed by atoms with Gasteiger partial charge >= 0.3 is 0 Å². The molecule has 0 aliphatic rings. The smallest absolute Gasteiger partial charge is 0.00973 e. The molecule has 0 unspecified atom stereocenters. The molecule has 0 saturated carbocycles. The van der Waals surface area contributed by atoms with Crippen LogP contribution in [0.2, 0.25) is 0 Å². The minimum Gasteiger partial charge on any atom is -0.0836 e. The van der Waals surface area contributed by atoms with Crippen molar-refractivity contribution in [3.8, 4) is 0 Å². The van der Waals surface area contributed by atoms with Crippen molar-refractivity contribution in [1.82, 2.24) is 0 Å². The van der Waals surface area contributed by atoms with Crippen LogP contribution in [-0.4, -0.2) is 0 Å². The summed E-state index contributed by atoms with van der Waals surface area (Å²) in [6.07, 6.45) is 9.63. The molecule has 1 aromatic carbocycles. The molecular weight excluding hydrogens is 192 g/mol. The summed E-state index contributed by atoms with van der Waals surface area (Å²) in [5.74, 6) is 0. The molecule has 0 fully saturated rings. The van der Waals surface area contributed by atoms with E-state index in [1.54, 1.807) is 0 Å². The van der Waals surface area contributed by atoms with Crippen LogP contribution in [0.3, 0.4) is 0 Å². The highest BCUT2D eigenvalue weighted by Gasteiger charge is 2.11. The molecular formula is C16H24. The van der Waals surface area contributed by atoms with Gasteiger partial charge in [-0.05, 0) is 23.8 Å². The van der Waals surface area contributed by atoms with E-state index < -0.39 is 0 Å². The van der Waals surface area contributed by atoms with Crippen LogP contribution in [0, 0.1) is 5.41 Å². The first-order valence-corrected chi connectivity index (χ1v) is 6.36. The Morgan fingerprint density at radius 2 is 1.81 bits per heavy atom. The van der Waals surface area contributed by atoms with Crippen molar-refractivity contribution in [2.75, 3.05) is 0 Å². The lowest BCUT2D eigenvalue weighted by molar-refractivity contribution is 0.418. The Hall–Kier alpha value is -1.04. The molecule has 88 valence electrons. The Labute approximate surface area is 100 Å². The van der Waals surface area contributed by atoms with E-state index in [-0.39, 0.29) is 0 Å². The monoisotopic (exact) mass is 216 g/mol. The average Bonchev–Trinajstić information content (AvgIpc) is 2.28. The van der Waals surface area contributed by atoms with Crippen LogP contribution >= 0.6 is 0 Å². The molecule has 0 amide bonds. The Bertz CT molecular complexity index is 306. The number of allylic oxidation sites excluding steroid dienone is 2. The van der Waals surface area contributed by atoms with Crippen molar-refractivity contribution in [2.45, 2.75) is 46.5 Å². The predicted molar refractivity (Wildman–Crippen MR) is 72.6 cm³/mol. The van der Waals surface area contributed by atoms with E-state index in [1.165, 1.54) is 24.8 Å². The van der Waals surface area contributed by atoms with Gasteiger partial charge in [-0.2, -0.15) is 0 Å². The summed E-state index contributed by atoms with van der Waals surface area (Å²) in [7, 11) is 0. The molecule has 16 heavy (non-hydrogen) atoms. The molecule has 0 aliphatic carbocycles. The van der Waals surface area contributed by atoms with Gasteiger partial charge in [-0.15, -0.1) is 0 Å². The summed E-state index contributed by atoms with van der Waals surface area (Å²) in [6, 6.07) is 10.6. The fourth-order valence-electron chi connectivity index (χ4n) is 1.84. The molecule has 0 spiro atoms. The van der Waals surface area contributed by atoms with Crippen molar-refractivity contribution < 1.29 is 0 Å². The molecule has 0 heteroatoms. The maximum Gasteiger partial charge on any atom is -0.00973 e. The maximum absolute atomic E-state index is 2.37. The summed E-state index contributed by atoms with van der Waals surface area (Å²) in [5.41, 5.74) is 1.75. The highest BCUT2D eigenvalue weighted by Crippen LogP contribution is 2.24. The number of benzene rings is 1. The first kappa shape index (κ1) is 13.0. The van der Waals surface area contributed by atoms with Gasteiger partial charge in [0.1, 0.15) is 0 Å². The minimum absolute atomic E-state index is 0.352. The quantitative estimate of drug-likeness (QED) is 0.587. The average molecular weight is 216 g/mol. The van der Waals surface area contributed by atoms with Crippen LogP contribution in [-0.2, 0) is 6.42 Å². The maximum atomic E-state index is 2.37. The molecule has 0 N–H and O–H groups in total.